The monoisotopic (exact) mass is 330 g/mol. The van der Waals surface area contributed by atoms with E-state index in [2.05, 4.69) is 24.4 Å². The SMILES string of the molecule is CCc1ncc(S(=O)(=O)Nc2nc(CC(=O)OC)cs2)[nH]1. The van der Waals surface area contributed by atoms with E-state index in [1.54, 1.807) is 5.38 Å². The third-order valence-electron chi connectivity index (χ3n) is 2.56. The van der Waals surface area contributed by atoms with Crippen molar-refractivity contribution in [1.82, 2.24) is 15.0 Å². The Morgan fingerprint density at radius 2 is 2.29 bits per heavy atom. The Kier molecular flexibility index (Phi) is 4.58. The number of carbonyl (C=O) groups is 1. The number of imidazole rings is 1. The normalized spacial score (nSPS) is 11.3. The zero-order valence-electron chi connectivity index (χ0n) is 11.4. The van der Waals surface area contributed by atoms with Crippen LogP contribution in [0.1, 0.15) is 18.4 Å². The van der Waals surface area contributed by atoms with E-state index in [0.717, 1.165) is 11.3 Å². The van der Waals surface area contributed by atoms with Gasteiger partial charge in [-0.15, -0.1) is 11.3 Å². The second-order valence-corrected chi connectivity index (χ2v) is 6.56. The zero-order chi connectivity index (χ0) is 15.5. The van der Waals surface area contributed by atoms with E-state index in [4.69, 9.17) is 0 Å². The molecule has 0 aromatic carbocycles. The van der Waals surface area contributed by atoms with Crippen LogP contribution >= 0.6 is 11.3 Å². The van der Waals surface area contributed by atoms with E-state index in [1.165, 1.54) is 13.3 Å². The molecule has 114 valence electrons. The van der Waals surface area contributed by atoms with Crippen molar-refractivity contribution in [1.29, 1.82) is 0 Å². The van der Waals surface area contributed by atoms with Crippen LogP contribution in [-0.4, -0.2) is 36.4 Å². The molecule has 0 fully saturated rings. The van der Waals surface area contributed by atoms with Crippen molar-refractivity contribution >= 4 is 32.5 Å². The largest absolute Gasteiger partial charge is 0.469 e. The number of nitrogens with zero attached hydrogens (tertiary/aromatic N) is 2. The molecule has 0 aliphatic carbocycles. The van der Waals surface area contributed by atoms with Crippen molar-refractivity contribution in [3.05, 3.63) is 23.1 Å². The summed E-state index contributed by atoms with van der Waals surface area (Å²) in [6, 6.07) is 0. The van der Waals surface area contributed by atoms with Gasteiger partial charge in [0.2, 0.25) is 0 Å². The molecule has 0 atom stereocenters. The topological polar surface area (TPSA) is 114 Å². The lowest BCUT2D eigenvalue weighted by Gasteiger charge is -2.01. The van der Waals surface area contributed by atoms with Crippen molar-refractivity contribution in [2.45, 2.75) is 24.8 Å². The molecule has 0 bridgehead atoms. The summed E-state index contributed by atoms with van der Waals surface area (Å²) >= 11 is 1.09. The number of ether oxygens (including phenoxy) is 1. The summed E-state index contributed by atoms with van der Waals surface area (Å²) in [4.78, 5) is 21.8. The number of aromatic amines is 1. The minimum Gasteiger partial charge on any atom is -0.469 e. The fraction of sp³-hybridized carbons (Fsp3) is 0.364. The first-order valence-electron chi connectivity index (χ1n) is 6.02. The maximum absolute atomic E-state index is 12.1. The van der Waals surface area contributed by atoms with Gasteiger partial charge in [-0.25, -0.2) is 9.97 Å². The third kappa shape index (κ3) is 3.79. The van der Waals surface area contributed by atoms with E-state index in [1.807, 2.05) is 6.92 Å². The Morgan fingerprint density at radius 3 is 2.90 bits per heavy atom. The van der Waals surface area contributed by atoms with Crippen LogP contribution < -0.4 is 4.72 Å². The highest BCUT2D eigenvalue weighted by Crippen LogP contribution is 2.20. The summed E-state index contributed by atoms with van der Waals surface area (Å²) in [6.07, 6.45) is 1.86. The smallest absolute Gasteiger partial charge is 0.311 e. The predicted octanol–water partition coefficient (Wildman–Crippen LogP) is 0.945. The van der Waals surface area contributed by atoms with Gasteiger partial charge in [0.15, 0.2) is 10.2 Å². The number of sulfonamides is 1. The second-order valence-electron chi connectivity index (χ2n) is 4.05. The molecule has 0 radical (unpaired) electrons. The van der Waals surface area contributed by atoms with Crippen LogP contribution in [0.5, 0.6) is 0 Å². The van der Waals surface area contributed by atoms with Gasteiger partial charge in [0.1, 0.15) is 5.82 Å². The number of anilines is 1. The maximum Gasteiger partial charge on any atom is 0.311 e. The molecule has 2 aromatic rings. The van der Waals surface area contributed by atoms with Gasteiger partial charge in [0.05, 0.1) is 25.4 Å². The molecule has 8 nitrogen and oxygen atoms in total. The second kappa shape index (κ2) is 6.22. The van der Waals surface area contributed by atoms with E-state index >= 15 is 0 Å². The van der Waals surface area contributed by atoms with E-state index in [9.17, 15) is 13.2 Å². The molecule has 2 rings (SSSR count). The number of rotatable bonds is 6. The third-order valence-corrected chi connectivity index (χ3v) is 4.74. The molecule has 21 heavy (non-hydrogen) atoms. The molecule has 10 heteroatoms. The Hall–Kier alpha value is -1.94. The van der Waals surface area contributed by atoms with Gasteiger partial charge in [-0.3, -0.25) is 9.52 Å². The predicted molar refractivity (Wildman–Crippen MR) is 76.6 cm³/mol. The summed E-state index contributed by atoms with van der Waals surface area (Å²) in [7, 11) is -2.48. The lowest BCUT2D eigenvalue weighted by Crippen LogP contribution is -2.13. The molecule has 0 aliphatic rings. The Morgan fingerprint density at radius 1 is 1.52 bits per heavy atom. The standard InChI is InChI=1S/C11H14N4O4S2/c1-3-8-12-5-9(14-8)21(17,18)15-11-13-7(6-20-11)4-10(16)19-2/h5-6H,3-4H2,1-2H3,(H,12,14)(H,13,15). The number of carbonyl (C=O) groups excluding carboxylic acids is 1. The van der Waals surface area contributed by atoms with E-state index in [-0.39, 0.29) is 16.6 Å². The minimum atomic E-state index is -3.76. The molecular weight excluding hydrogens is 316 g/mol. The van der Waals surface area contributed by atoms with Crippen LogP contribution in [0, 0.1) is 0 Å². The van der Waals surface area contributed by atoms with E-state index < -0.39 is 16.0 Å². The minimum absolute atomic E-state index is 0.00122. The molecule has 0 amide bonds. The zero-order valence-corrected chi connectivity index (χ0v) is 13.0. The van der Waals surface area contributed by atoms with Crippen LogP contribution in [-0.2, 0) is 32.4 Å². The highest BCUT2D eigenvalue weighted by atomic mass is 32.2. The first-order chi connectivity index (χ1) is 9.94. The molecule has 2 aromatic heterocycles. The fourth-order valence-corrected chi connectivity index (χ4v) is 3.39. The van der Waals surface area contributed by atoms with Gasteiger partial charge < -0.3 is 9.72 Å². The molecule has 2 N–H and O–H groups in total. The number of methoxy groups -OCH3 is 1. The van der Waals surface area contributed by atoms with Crippen LogP contribution in [0.25, 0.3) is 0 Å². The first kappa shape index (κ1) is 15.4. The Labute approximate surface area is 125 Å². The summed E-state index contributed by atoms with van der Waals surface area (Å²) in [5.41, 5.74) is 0.448. The fourth-order valence-electron chi connectivity index (χ4n) is 1.48. The number of aryl methyl sites for hydroxylation is 1. The summed E-state index contributed by atoms with van der Waals surface area (Å²) in [5.74, 6) is 0.150. The number of aromatic nitrogens is 3. The Balaban J connectivity index is 2.11. The average molecular weight is 330 g/mol. The molecular formula is C11H14N4O4S2. The first-order valence-corrected chi connectivity index (χ1v) is 8.38. The van der Waals surface area contributed by atoms with Gasteiger partial charge in [-0.1, -0.05) is 6.92 Å². The van der Waals surface area contributed by atoms with Gasteiger partial charge >= 0.3 is 5.97 Å². The maximum atomic E-state index is 12.1. The summed E-state index contributed by atoms with van der Waals surface area (Å²) in [6.45, 7) is 1.86. The quantitative estimate of drug-likeness (QED) is 0.762. The summed E-state index contributed by atoms with van der Waals surface area (Å²) < 4.78 is 31.1. The van der Waals surface area contributed by atoms with Crippen molar-refractivity contribution < 1.29 is 17.9 Å². The molecule has 0 unspecified atom stereocenters. The number of nitrogens with one attached hydrogen (secondary N) is 2. The summed E-state index contributed by atoms with van der Waals surface area (Å²) in [5, 5.41) is 1.75. The van der Waals surface area contributed by atoms with Crippen LogP contribution in [0.3, 0.4) is 0 Å². The molecule has 0 aliphatic heterocycles. The number of H-pyrrole nitrogens is 1. The molecule has 0 saturated carbocycles. The number of esters is 1. The van der Waals surface area contributed by atoms with Crippen LogP contribution in [0.2, 0.25) is 0 Å². The van der Waals surface area contributed by atoms with E-state index in [0.29, 0.717) is 17.9 Å². The molecule has 0 saturated heterocycles. The Bertz CT molecular complexity index is 735. The van der Waals surface area contributed by atoms with Gasteiger partial charge in [0, 0.05) is 11.8 Å². The van der Waals surface area contributed by atoms with Crippen molar-refractivity contribution in [2.24, 2.45) is 0 Å². The number of thiazole rings is 1. The lowest BCUT2D eigenvalue weighted by molar-refractivity contribution is -0.139. The van der Waals surface area contributed by atoms with Crippen LogP contribution in [0.4, 0.5) is 5.13 Å². The average Bonchev–Trinajstić information content (AvgIpc) is 3.07. The number of hydrogen-bond donors (Lipinski definition) is 2. The van der Waals surface area contributed by atoms with Crippen molar-refractivity contribution in [3.8, 4) is 0 Å². The number of hydrogen-bond acceptors (Lipinski definition) is 7. The molecule has 2 heterocycles. The van der Waals surface area contributed by atoms with Crippen molar-refractivity contribution in [2.75, 3.05) is 11.8 Å². The highest BCUT2D eigenvalue weighted by Gasteiger charge is 2.19. The van der Waals surface area contributed by atoms with Gasteiger partial charge in [0.25, 0.3) is 10.0 Å². The van der Waals surface area contributed by atoms with Crippen LogP contribution in [0.15, 0.2) is 16.6 Å². The lowest BCUT2D eigenvalue weighted by atomic mass is 10.3. The van der Waals surface area contributed by atoms with Gasteiger partial charge in [-0.05, 0) is 0 Å². The molecule has 0 spiro atoms. The highest BCUT2D eigenvalue weighted by molar-refractivity contribution is 7.92. The van der Waals surface area contributed by atoms with Gasteiger partial charge in [-0.2, -0.15) is 8.42 Å². The van der Waals surface area contributed by atoms with Crippen molar-refractivity contribution in [3.63, 3.8) is 0 Å².